The highest BCUT2D eigenvalue weighted by Gasteiger charge is 2.48. The minimum absolute atomic E-state index is 0.0174. The third kappa shape index (κ3) is 4.22. The fourth-order valence-electron chi connectivity index (χ4n) is 4.05. The third-order valence-electron chi connectivity index (χ3n) is 5.81. The molecular weight excluding hydrogens is 464 g/mol. The van der Waals surface area contributed by atoms with Gasteiger partial charge in [-0.05, 0) is 44.2 Å². The van der Waals surface area contributed by atoms with Crippen molar-refractivity contribution in [1.29, 1.82) is 0 Å². The molecule has 1 aliphatic heterocycles. The zero-order valence-electron chi connectivity index (χ0n) is 18.8. The van der Waals surface area contributed by atoms with Crippen molar-refractivity contribution in [2.75, 3.05) is 17.6 Å². The van der Waals surface area contributed by atoms with E-state index in [0.29, 0.717) is 33.4 Å². The lowest BCUT2D eigenvalue weighted by atomic mass is 10.0. The predicted molar refractivity (Wildman–Crippen MR) is 129 cm³/mol. The van der Waals surface area contributed by atoms with E-state index in [0.717, 1.165) is 4.31 Å². The van der Waals surface area contributed by atoms with Crippen LogP contribution in [0.3, 0.4) is 0 Å². The number of rotatable bonds is 5. The van der Waals surface area contributed by atoms with Gasteiger partial charge in [-0.1, -0.05) is 13.8 Å². The Morgan fingerprint density at radius 1 is 1.15 bits per heavy atom. The number of thioether (sulfide) groups is 1. The quantitative estimate of drug-likeness (QED) is 0.552. The number of hydrogen-bond acceptors (Lipinski definition) is 6. The van der Waals surface area contributed by atoms with Gasteiger partial charge >= 0.3 is 5.97 Å². The summed E-state index contributed by atoms with van der Waals surface area (Å²) in [6, 6.07) is 8.58. The molecule has 3 aromatic rings. The van der Waals surface area contributed by atoms with Crippen LogP contribution in [0, 0.1) is 5.92 Å². The summed E-state index contributed by atoms with van der Waals surface area (Å²) in [5.41, 5.74) is 1.60. The Kier molecular flexibility index (Phi) is 5.96. The number of nitrogens with one attached hydrogen (secondary N) is 1. The number of nitrogens with zero attached hydrogens (tertiary/aromatic N) is 1. The minimum atomic E-state index is -4.06. The Morgan fingerprint density at radius 2 is 1.88 bits per heavy atom. The summed E-state index contributed by atoms with van der Waals surface area (Å²) < 4.78 is 33.2. The van der Waals surface area contributed by atoms with Gasteiger partial charge in [0.15, 0.2) is 0 Å². The van der Waals surface area contributed by atoms with E-state index in [-0.39, 0.29) is 23.3 Å². The maximum absolute atomic E-state index is 13.5. The molecule has 0 saturated carbocycles. The van der Waals surface area contributed by atoms with E-state index in [4.69, 9.17) is 4.42 Å². The monoisotopic (exact) mass is 490 g/mol. The molecule has 1 amide bonds. The van der Waals surface area contributed by atoms with Crippen LogP contribution < -0.4 is 5.32 Å². The molecule has 2 aromatic carbocycles. The standard InChI is InChI=1S/C23H26N2O6S2/c1-13(2)21(26)24-14-5-7-16-17-12-15(6-8-18(17)31-19(16)11-14)33(29,30)25-9-10-32-23(3,4)20(25)22(27)28/h5-8,11-13,20H,9-10H2,1-4H3,(H,24,26)(H,27,28). The van der Waals surface area contributed by atoms with Crippen LogP contribution in [0.4, 0.5) is 5.69 Å². The molecule has 0 spiro atoms. The van der Waals surface area contributed by atoms with Gasteiger partial charge in [-0.3, -0.25) is 9.59 Å². The molecule has 2 N–H and O–H groups in total. The van der Waals surface area contributed by atoms with Gasteiger partial charge in [-0.15, -0.1) is 0 Å². The van der Waals surface area contributed by atoms with Gasteiger partial charge in [-0.2, -0.15) is 16.1 Å². The number of sulfonamides is 1. The molecule has 33 heavy (non-hydrogen) atoms. The van der Waals surface area contributed by atoms with Crippen molar-refractivity contribution < 1.29 is 27.5 Å². The Hall–Kier alpha value is -2.56. The topological polar surface area (TPSA) is 117 Å². The first-order chi connectivity index (χ1) is 15.4. The molecule has 4 rings (SSSR count). The second kappa shape index (κ2) is 8.34. The first-order valence-corrected chi connectivity index (χ1v) is 13.0. The highest BCUT2D eigenvalue weighted by Crippen LogP contribution is 2.39. The molecule has 0 bridgehead atoms. The lowest BCUT2D eigenvalue weighted by molar-refractivity contribution is -0.142. The summed E-state index contributed by atoms with van der Waals surface area (Å²) in [5.74, 6) is -0.939. The zero-order chi connectivity index (χ0) is 24.1. The van der Waals surface area contributed by atoms with Crippen LogP contribution in [0.25, 0.3) is 21.9 Å². The lowest BCUT2D eigenvalue weighted by Gasteiger charge is -2.42. The number of hydrogen-bond donors (Lipinski definition) is 2. The molecule has 10 heteroatoms. The number of carbonyl (C=O) groups excluding carboxylic acids is 1. The average Bonchev–Trinajstić information content (AvgIpc) is 3.09. The zero-order valence-corrected chi connectivity index (χ0v) is 20.4. The van der Waals surface area contributed by atoms with Crippen molar-refractivity contribution >= 4 is 61.3 Å². The highest BCUT2D eigenvalue weighted by atomic mass is 32.2. The number of carboxylic acids is 1. The van der Waals surface area contributed by atoms with E-state index in [1.54, 1.807) is 52.0 Å². The number of furan rings is 1. The molecule has 1 saturated heterocycles. The van der Waals surface area contributed by atoms with Crippen LogP contribution in [0.15, 0.2) is 45.7 Å². The summed E-state index contributed by atoms with van der Waals surface area (Å²) in [6.07, 6.45) is 0. The molecule has 1 aromatic heterocycles. The summed E-state index contributed by atoms with van der Waals surface area (Å²) in [6.45, 7) is 7.22. The smallest absolute Gasteiger partial charge is 0.323 e. The largest absolute Gasteiger partial charge is 0.480 e. The van der Waals surface area contributed by atoms with Gasteiger partial charge in [0.05, 0.1) is 4.90 Å². The van der Waals surface area contributed by atoms with Crippen molar-refractivity contribution in [2.24, 2.45) is 5.92 Å². The Balaban J connectivity index is 1.76. The molecule has 2 heterocycles. The molecule has 1 aliphatic rings. The van der Waals surface area contributed by atoms with Crippen LogP contribution in [0.5, 0.6) is 0 Å². The maximum atomic E-state index is 13.5. The number of aliphatic carboxylic acids is 1. The van der Waals surface area contributed by atoms with Crippen LogP contribution in [-0.2, 0) is 19.6 Å². The van der Waals surface area contributed by atoms with Gasteiger partial charge < -0.3 is 14.8 Å². The van der Waals surface area contributed by atoms with E-state index >= 15 is 0 Å². The van der Waals surface area contributed by atoms with Gasteiger partial charge in [0.1, 0.15) is 17.2 Å². The van der Waals surface area contributed by atoms with Crippen LogP contribution >= 0.6 is 11.8 Å². The van der Waals surface area contributed by atoms with Crippen LogP contribution in [0.2, 0.25) is 0 Å². The van der Waals surface area contributed by atoms with Crippen molar-refractivity contribution in [2.45, 2.75) is 43.4 Å². The third-order valence-corrected chi connectivity index (χ3v) is 9.02. The van der Waals surface area contributed by atoms with Gasteiger partial charge in [-0.25, -0.2) is 8.42 Å². The average molecular weight is 491 g/mol. The van der Waals surface area contributed by atoms with Crippen LogP contribution in [-0.4, -0.2) is 52.8 Å². The summed E-state index contributed by atoms with van der Waals surface area (Å²) in [7, 11) is -4.06. The molecule has 1 fully saturated rings. The minimum Gasteiger partial charge on any atom is -0.480 e. The maximum Gasteiger partial charge on any atom is 0.323 e. The number of carboxylic acid groups (broad SMARTS) is 1. The molecule has 8 nitrogen and oxygen atoms in total. The molecule has 1 atom stereocenters. The number of amides is 1. The van der Waals surface area contributed by atoms with Gasteiger partial charge in [0.25, 0.3) is 0 Å². The van der Waals surface area contributed by atoms with E-state index < -0.39 is 26.8 Å². The molecule has 176 valence electrons. The fraction of sp³-hybridized carbons (Fsp3) is 0.391. The van der Waals surface area contributed by atoms with E-state index in [1.165, 1.54) is 23.9 Å². The second-order valence-electron chi connectivity index (χ2n) is 8.92. The number of carbonyl (C=O) groups is 2. The Bertz CT molecular complexity index is 1360. The summed E-state index contributed by atoms with van der Waals surface area (Å²) in [4.78, 5) is 24.0. The Morgan fingerprint density at radius 3 is 2.55 bits per heavy atom. The summed E-state index contributed by atoms with van der Waals surface area (Å²) >= 11 is 1.45. The predicted octanol–water partition coefficient (Wildman–Crippen LogP) is 4.15. The highest BCUT2D eigenvalue weighted by molar-refractivity contribution is 8.00. The van der Waals surface area contributed by atoms with Crippen molar-refractivity contribution in [3.05, 3.63) is 36.4 Å². The number of benzene rings is 2. The van der Waals surface area contributed by atoms with E-state index in [1.807, 2.05) is 0 Å². The van der Waals surface area contributed by atoms with Crippen molar-refractivity contribution in [1.82, 2.24) is 4.31 Å². The van der Waals surface area contributed by atoms with Crippen molar-refractivity contribution in [3.63, 3.8) is 0 Å². The lowest BCUT2D eigenvalue weighted by Crippen LogP contribution is -2.58. The summed E-state index contributed by atoms with van der Waals surface area (Å²) in [5, 5.41) is 13.9. The SMILES string of the molecule is CC(C)C(=O)Nc1ccc2c(c1)oc1ccc(S(=O)(=O)N3CCSC(C)(C)C3C(=O)O)cc12. The van der Waals surface area contributed by atoms with Crippen LogP contribution in [0.1, 0.15) is 27.7 Å². The fourth-order valence-corrected chi connectivity index (χ4v) is 7.17. The van der Waals surface area contributed by atoms with Crippen molar-refractivity contribution in [3.8, 4) is 0 Å². The van der Waals surface area contributed by atoms with E-state index in [9.17, 15) is 23.1 Å². The number of anilines is 1. The molecular formula is C23H26N2O6S2. The molecule has 0 aliphatic carbocycles. The number of fused-ring (bicyclic) bond motifs is 3. The van der Waals surface area contributed by atoms with E-state index in [2.05, 4.69) is 5.32 Å². The van der Waals surface area contributed by atoms with Gasteiger partial charge in [0, 0.05) is 45.5 Å². The molecule has 1 unspecified atom stereocenters. The first-order valence-electron chi connectivity index (χ1n) is 10.6. The first kappa shape index (κ1) is 23.6. The van der Waals surface area contributed by atoms with Gasteiger partial charge in [0.2, 0.25) is 15.9 Å². The Labute approximate surface area is 196 Å². The normalized spacial score (nSPS) is 19.2. The molecule has 0 radical (unpaired) electrons. The second-order valence-corrected chi connectivity index (χ2v) is 12.6.